The average molecular weight is 244 g/mol. The van der Waals surface area contributed by atoms with Gasteiger partial charge in [0, 0.05) is 5.38 Å². The van der Waals surface area contributed by atoms with E-state index in [-0.39, 0.29) is 5.69 Å². The van der Waals surface area contributed by atoms with Crippen molar-refractivity contribution in [1.29, 1.82) is 5.26 Å². The molecule has 5 nitrogen and oxygen atoms in total. The minimum Gasteiger partial charge on any atom is -0.331 e. The predicted octanol–water partition coefficient (Wildman–Crippen LogP) is 1.53. The number of hydrogen-bond donors (Lipinski definition) is 1. The van der Waals surface area contributed by atoms with E-state index in [2.05, 4.69) is 14.9 Å². The number of nitriles is 1. The van der Waals surface area contributed by atoms with Crippen molar-refractivity contribution >= 4 is 17.4 Å². The topological polar surface area (TPSA) is 78.7 Å². The molecule has 17 heavy (non-hydrogen) atoms. The molecular weight excluding hydrogens is 236 g/mol. The molecule has 0 aliphatic rings. The summed E-state index contributed by atoms with van der Waals surface area (Å²) in [5, 5.41) is 16.8. The van der Waals surface area contributed by atoms with Gasteiger partial charge in [-0.3, -0.25) is 4.79 Å². The molecule has 1 unspecified atom stereocenters. The van der Waals surface area contributed by atoms with Gasteiger partial charge in [-0.15, -0.1) is 5.10 Å². The van der Waals surface area contributed by atoms with E-state index in [1.54, 1.807) is 12.1 Å². The Bertz CT molecular complexity index is 532. The zero-order valence-electron chi connectivity index (χ0n) is 8.70. The minimum atomic E-state index is -0.676. The molecule has 6 heteroatoms. The predicted molar refractivity (Wildman–Crippen MR) is 62.2 cm³/mol. The van der Waals surface area contributed by atoms with Gasteiger partial charge in [-0.1, -0.05) is 34.8 Å². The first-order chi connectivity index (χ1) is 8.31. The van der Waals surface area contributed by atoms with E-state index in [1.165, 1.54) is 5.38 Å². The molecule has 0 fully saturated rings. The van der Waals surface area contributed by atoms with Crippen LogP contribution in [0.15, 0.2) is 35.7 Å². The molecule has 2 rings (SSSR count). The van der Waals surface area contributed by atoms with E-state index in [1.807, 2.05) is 24.3 Å². The highest BCUT2D eigenvalue weighted by molar-refractivity contribution is 7.03. The number of nitrogens with one attached hydrogen (secondary N) is 1. The van der Waals surface area contributed by atoms with Gasteiger partial charge < -0.3 is 5.32 Å². The fourth-order valence-corrected chi connectivity index (χ4v) is 1.74. The summed E-state index contributed by atoms with van der Waals surface area (Å²) in [6, 6.07) is 10.4. The van der Waals surface area contributed by atoms with Gasteiger partial charge in [-0.05, 0) is 17.1 Å². The van der Waals surface area contributed by atoms with E-state index in [9.17, 15) is 4.79 Å². The summed E-state index contributed by atoms with van der Waals surface area (Å²) in [6.45, 7) is 0. The van der Waals surface area contributed by atoms with Crippen LogP contribution >= 0.6 is 11.5 Å². The second-order valence-electron chi connectivity index (χ2n) is 3.24. The molecule has 1 heterocycles. The maximum absolute atomic E-state index is 11.7. The molecule has 0 bridgehead atoms. The monoisotopic (exact) mass is 244 g/mol. The fraction of sp³-hybridized carbons (Fsp3) is 0.0909. The summed E-state index contributed by atoms with van der Waals surface area (Å²) in [6.07, 6.45) is 0. The first-order valence-electron chi connectivity index (χ1n) is 4.83. The van der Waals surface area contributed by atoms with Crippen molar-refractivity contribution in [3.05, 3.63) is 47.0 Å². The summed E-state index contributed by atoms with van der Waals surface area (Å²) >= 11 is 1.09. The second kappa shape index (κ2) is 5.18. The summed E-state index contributed by atoms with van der Waals surface area (Å²) in [7, 11) is 0. The smallest absolute Gasteiger partial charge is 0.274 e. The van der Waals surface area contributed by atoms with Crippen LogP contribution in [0.2, 0.25) is 0 Å². The SMILES string of the molecule is N#CC(NC(=O)c1csnn1)c1ccccc1. The van der Waals surface area contributed by atoms with Crippen LogP contribution in [0.4, 0.5) is 0 Å². The van der Waals surface area contributed by atoms with E-state index >= 15 is 0 Å². The Morgan fingerprint density at radius 3 is 2.76 bits per heavy atom. The molecule has 0 saturated carbocycles. The highest BCUT2D eigenvalue weighted by Gasteiger charge is 2.16. The second-order valence-corrected chi connectivity index (χ2v) is 3.85. The molecule has 1 atom stereocenters. The molecule has 84 valence electrons. The number of aromatic nitrogens is 2. The van der Waals surface area contributed by atoms with Crippen molar-refractivity contribution in [1.82, 2.24) is 14.9 Å². The number of benzene rings is 1. The Hall–Kier alpha value is -2.26. The van der Waals surface area contributed by atoms with Crippen LogP contribution in [0.25, 0.3) is 0 Å². The molecule has 0 aliphatic carbocycles. The van der Waals surface area contributed by atoms with Gasteiger partial charge in [0.2, 0.25) is 0 Å². The quantitative estimate of drug-likeness (QED) is 0.888. The average Bonchev–Trinajstić information content (AvgIpc) is 2.90. The summed E-state index contributed by atoms with van der Waals surface area (Å²) in [5.41, 5.74) is 0.970. The van der Waals surface area contributed by atoms with Gasteiger partial charge >= 0.3 is 0 Å². The Kier molecular flexibility index (Phi) is 3.43. The van der Waals surface area contributed by atoms with Gasteiger partial charge in [0.25, 0.3) is 5.91 Å². The van der Waals surface area contributed by atoms with Crippen LogP contribution in [-0.4, -0.2) is 15.5 Å². The molecule has 1 aromatic heterocycles. The number of nitrogens with zero attached hydrogens (tertiary/aromatic N) is 3. The lowest BCUT2D eigenvalue weighted by Gasteiger charge is -2.10. The third-order valence-electron chi connectivity index (χ3n) is 2.13. The normalized spacial score (nSPS) is 11.5. The van der Waals surface area contributed by atoms with Crippen LogP contribution in [0, 0.1) is 11.3 Å². The number of rotatable bonds is 3. The molecule has 0 saturated heterocycles. The van der Waals surface area contributed by atoms with Crippen molar-refractivity contribution in [2.75, 3.05) is 0 Å². The van der Waals surface area contributed by atoms with E-state index in [0.717, 1.165) is 17.1 Å². The Balaban J connectivity index is 2.12. The molecule has 1 N–H and O–H groups in total. The van der Waals surface area contributed by atoms with Crippen LogP contribution in [0.3, 0.4) is 0 Å². The molecule has 0 aliphatic heterocycles. The maximum atomic E-state index is 11.7. The third-order valence-corrected chi connectivity index (χ3v) is 2.63. The fourth-order valence-electron chi connectivity index (χ4n) is 1.30. The zero-order chi connectivity index (χ0) is 12.1. The highest BCUT2D eigenvalue weighted by Crippen LogP contribution is 2.12. The van der Waals surface area contributed by atoms with Crippen LogP contribution in [0.1, 0.15) is 22.1 Å². The van der Waals surface area contributed by atoms with Crippen LogP contribution < -0.4 is 5.32 Å². The molecule has 1 amide bonds. The molecule has 2 aromatic rings. The Morgan fingerprint density at radius 1 is 1.41 bits per heavy atom. The lowest BCUT2D eigenvalue weighted by atomic mass is 10.1. The van der Waals surface area contributed by atoms with Crippen molar-refractivity contribution < 1.29 is 4.79 Å². The van der Waals surface area contributed by atoms with Crippen molar-refractivity contribution in [3.8, 4) is 6.07 Å². The molecule has 0 spiro atoms. The summed E-state index contributed by atoms with van der Waals surface area (Å²) < 4.78 is 3.60. The van der Waals surface area contributed by atoms with Gasteiger partial charge in [-0.2, -0.15) is 5.26 Å². The maximum Gasteiger partial charge on any atom is 0.274 e. The largest absolute Gasteiger partial charge is 0.331 e. The highest BCUT2D eigenvalue weighted by atomic mass is 32.1. The van der Waals surface area contributed by atoms with Crippen molar-refractivity contribution in [2.24, 2.45) is 0 Å². The van der Waals surface area contributed by atoms with Crippen molar-refractivity contribution in [3.63, 3.8) is 0 Å². The first kappa shape index (κ1) is 11.2. The summed E-state index contributed by atoms with van der Waals surface area (Å²) in [4.78, 5) is 11.7. The molecular formula is C11H8N4OS. The minimum absolute atomic E-state index is 0.228. The van der Waals surface area contributed by atoms with Crippen molar-refractivity contribution in [2.45, 2.75) is 6.04 Å². The van der Waals surface area contributed by atoms with Gasteiger partial charge in [0.1, 0.15) is 6.04 Å². The van der Waals surface area contributed by atoms with Crippen LogP contribution in [0.5, 0.6) is 0 Å². The van der Waals surface area contributed by atoms with E-state index in [0.29, 0.717) is 0 Å². The van der Waals surface area contributed by atoms with E-state index in [4.69, 9.17) is 5.26 Å². The number of carbonyl (C=O) groups excluding carboxylic acids is 1. The Labute approximate surface area is 102 Å². The van der Waals surface area contributed by atoms with Gasteiger partial charge in [0.15, 0.2) is 5.69 Å². The lowest BCUT2D eigenvalue weighted by molar-refractivity contribution is 0.0940. The Morgan fingerprint density at radius 2 is 2.18 bits per heavy atom. The number of amides is 1. The third kappa shape index (κ3) is 2.65. The van der Waals surface area contributed by atoms with Gasteiger partial charge in [-0.25, -0.2) is 0 Å². The number of hydrogen-bond acceptors (Lipinski definition) is 5. The summed E-state index contributed by atoms with van der Waals surface area (Å²) in [5.74, 6) is -0.394. The lowest BCUT2D eigenvalue weighted by Crippen LogP contribution is -2.27. The molecule has 0 radical (unpaired) electrons. The first-order valence-corrected chi connectivity index (χ1v) is 5.67. The number of carbonyl (C=O) groups is 1. The molecule has 1 aromatic carbocycles. The van der Waals surface area contributed by atoms with Gasteiger partial charge in [0.05, 0.1) is 6.07 Å². The van der Waals surface area contributed by atoms with Crippen LogP contribution in [-0.2, 0) is 0 Å². The standard InChI is InChI=1S/C11H8N4OS/c12-6-9(8-4-2-1-3-5-8)13-11(16)10-7-17-15-14-10/h1-5,7,9H,(H,13,16). The van der Waals surface area contributed by atoms with E-state index < -0.39 is 11.9 Å². The zero-order valence-corrected chi connectivity index (χ0v) is 9.52.